The molecule has 3 saturated heterocycles. The molecule has 3 aliphatic heterocycles. The van der Waals surface area contributed by atoms with Crippen molar-refractivity contribution in [1.82, 2.24) is 15.6 Å². The van der Waals surface area contributed by atoms with Gasteiger partial charge in [0.25, 0.3) is 6.47 Å². The summed E-state index contributed by atoms with van der Waals surface area (Å²) >= 11 is 0. The minimum absolute atomic E-state index is 0.0648. The Hall–Kier alpha value is -2.88. The van der Waals surface area contributed by atoms with Crippen molar-refractivity contribution < 1.29 is 19.7 Å². The lowest BCUT2D eigenvalue weighted by Crippen LogP contribution is -2.40. The Morgan fingerprint density at radius 3 is 1.89 bits per heavy atom. The molecule has 0 saturated carbocycles. The van der Waals surface area contributed by atoms with Crippen molar-refractivity contribution in [1.29, 1.82) is 0 Å². The molecule has 9 heteroatoms. The third kappa shape index (κ3) is 12.3. The van der Waals surface area contributed by atoms with Crippen molar-refractivity contribution in [2.24, 2.45) is 0 Å². The minimum atomic E-state index is -0.250. The number of carboxylic acid groups (broad SMARTS) is 1. The van der Waals surface area contributed by atoms with Crippen LogP contribution in [0.1, 0.15) is 44.2 Å². The van der Waals surface area contributed by atoms with Crippen LogP contribution in [0.5, 0.6) is 5.75 Å². The number of nitrogens with zero attached hydrogens (tertiary/aromatic N) is 3. The zero-order valence-electron chi connectivity index (χ0n) is 23.2. The number of ether oxygens (including phenoxy) is 1. The number of nitrogens with one attached hydrogen (secondary N) is 2. The molecule has 9 nitrogen and oxygen atoms in total. The molecule has 1 unspecified atom stereocenters. The predicted octanol–water partition coefficient (Wildman–Crippen LogP) is 3.29. The molecule has 0 bridgehead atoms. The number of aliphatic hydroxyl groups excluding tert-OH is 1. The number of anilines is 2. The van der Waals surface area contributed by atoms with Gasteiger partial charge >= 0.3 is 0 Å². The average molecular weight is 518 g/mol. The number of benzene rings is 1. The Morgan fingerprint density at radius 2 is 1.59 bits per heavy atom. The van der Waals surface area contributed by atoms with Crippen LogP contribution in [0.4, 0.5) is 11.6 Å². The Morgan fingerprint density at radius 1 is 1.08 bits per heavy atom. The second-order valence-corrected chi connectivity index (χ2v) is 8.67. The van der Waals surface area contributed by atoms with Crippen LogP contribution >= 0.6 is 0 Å². The number of β-amino-alcohol motifs (C(OH)–C–C–N with tert-alkyl or cyclic N) is 1. The summed E-state index contributed by atoms with van der Waals surface area (Å²) in [5.74, 6) is 3.23. The third-order valence-corrected chi connectivity index (χ3v) is 5.89. The number of pyridine rings is 1. The summed E-state index contributed by atoms with van der Waals surface area (Å²) in [6, 6.07) is 12.4. The number of aryl methyl sites for hydroxylation is 1. The van der Waals surface area contributed by atoms with Crippen LogP contribution in [0.25, 0.3) is 0 Å². The van der Waals surface area contributed by atoms with Crippen molar-refractivity contribution in [2.45, 2.75) is 52.7 Å². The van der Waals surface area contributed by atoms with E-state index < -0.39 is 0 Å². The molecule has 37 heavy (non-hydrogen) atoms. The summed E-state index contributed by atoms with van der Waals surface area (Å²) in [4.78, 5) is 17.9. The van der Waals surface area contributed by atoms with Gasteiger partial charge in [-0.05, 0) is 69.6 Å². The molecule has 0 spiro atoms. The molecule has 5 rings (SSSR count). The second-order valence-electron chi connectivity index (χ2n) is 8.67. The molecular formula is C28H47N5O4. The van der Waals surface area contributed by atoms with E-state index in [0.717, 1.165) is 69.6 Å². The normalized spacial score (nSPS) is 17.0. The smallest absolute Gasteiger partial charge is 0.290 e. The fraction of sp³-hybridized carbons (Fsp3) is 0.571. The number of aliphatic hydroxyl groups is 1. The number of rotatable bonds is 5. The molecule has 2 aromatic rings. The first kappa shape index (κ1) is 32.1. The van der Waals surface area contributed by atoms with E-state index in [1.54, 1.807) is 7.11 Å². The van der Waals surface area contributed by atoms with E-state index >= 15 is 0 Å². The maximum atomic E-state index is 8.67. The van der Waals surface area contributed by atoms with E-state index in [9.17, 15) is 0 Å². The number of hydrogen-bond acceptors (Lipinski definition) is 8. The van der Waals surface area contributed by atoms with Gasteiger partial charge in [-0.2, -0.15) is 0 Å². The van der Waals surface area contributed by atoms with Crippen molar-refractivity contribution in [2.75, 3.05) is 63.2 Å². The highest BCUT2D eigenvalue weighted by Gasteiger charge is 2.21. The quantitative estimate of drug-likeness (QED) is 0.444. The molecule has 0 radical (unpaired) electrons. The van der Waals surface area contributed by atoms with Gasteiger partial charge in [0.2, 0.25) is 0 Å². The van der Waals surface area contributed by atoms with E-state index in [0.29, 0.717) is 0 Å². The molecule has 0 aliphatic carbocycles. The van der Waals surface area contributed by atoms with Gasteiger partial charge in [0, 0.05) is 39.3 Å². The Labute approximate surface area is 222 Å². The van der Waals surface area contributed by atoms with Crippen molar-refractivity contribution >= 4 is 18.1 Å². The summed E-state index contributed by atoms with van der Waals surface area (Å²) in [6.45, 7) is 13.2. The standard InChI is InChI=1S/C13H20N4.C8H10O.C4H9NO.C2H6.CH2O2/c1-14-10-11-8-12(16-4-2-5-16)15-13(9-11)17-6-3-7-17;1-7-3-5-8(9-2)6-4-7;6-4-1-2-5-3-4;1-2;2-1-3/h8-9,14H,2-7,10H2,1H3;3-6H,1-2H3;4-6H,1-3H2;1-2H3;1H,(H,2,3). The molecule has 3 aliphatic rings. The summed E-state index contributed by atoms with van der Waals surface area (Å²) in [5.41, 5.74) is 2.60. The maximum Gasteiger partial charge on any atom is 0.290 e. The molecule has 4 N–H and O–H groups in total. The molecule has 1 aromatic carbocycles. The van der Waals surface area contributed by atoms with Crippen LogP contribution in [0.15, 0.2) is 36.4 Å². The van der Waals surface area contributed by atoms with Gasteiger partial charge in [-0.15, -0.1) is 0 Å². The maximum absolute atomic E-state index is 8.67. The highest BCUT2D eigenvalue weighted by Crippen LogP contribution is 2.26. The van der Waals surface area contributed by atoms with Crippen molar-refractivity contribution in [3.05, 3.63) is 47.5 Å². The summed E-state index contributed by atoms with van der Waals surface area (Å²) in [6.07, 6.45) is 3.47. The Kier molecular flexibility index (Phi) is 16.7. The number of hydrogen-bond donors (Lipinski definition) is 4. The van der Waals surface area contributed by atoms with E-state index in [1.807, 2.05) is 45.2 Å². The summed E-state index contributed by atoms with van der Waals surface area (Å²) in [5, 5.41) is 21.8. The van der Waals surface area contributed by atoms with Crippen LogP contribution in [-0.2, 0) is 11.3 Å². The van der Waals surface area contributed by atoms with Crippen LogP contribution in [0.2, 0.25) is 0 Å². The lowest BCUT2D eigenvalue weighted by molar-refractivity contribution is -0.122. The van der Waals surface area contributed by atoms with Gasteiger partial charge in [0.05, 0.1) is 13.2 Å². The zero-order valence-corrected chi connectivity index (χ0v) is 23.2. The van der Waals surface area contributed by atoms with Gasteiger partial charge in [-0.1, -0.05) is 31.5 Å². The van der Waals surface area contributed by atoms with E-state index in [2.05, 4.69) is 39.5 Å². The molecule has 1 atom stereocenters. The van der Waals surface area contributed by atoms with E-state index in [-0.39, 0.29) is 12.6 Å². The molecule has 3 fully saturated rings. The number of aromatic nitrogens is 1. The fourth-order valence-electron chi connectivity index (χ4n) is 3.59. The molecule has 1 aromatic heterocycles. The average Bonchev–Trinajstić information content (AvgIpc) is 3.31. The lowest BCUT2D eigenvalue weighted by Gasteiger charge is -2.36. The number of carbonyl (C=O) groups is 1. The van der Waals surface area contributed by atoms with Gasteiger partial charge in [-0.3, -0.25) is 4.79 Å². The van der Waals surface area contributed by atoms with Crippen molar-refractivity contribution in [3.8, 4) is 5.75 Å². The Bertz CT molecular complexity index is 820. The minimum Gasteiger partial charge on any atom is -0.497 e. The summed E-state index contributed by atoms with van der Waals surface area (Å²) < 4.78 is 4.97. The first-order chi connectivity index (χ1) is 18.0. The first-order valence-corrected chi connectivity index (χ1v) is 13.2. The first-order valence-electron chi connectivity index (χ1n) is 13.2. The van der Waals surface area contributed by atoms with Gasteiger partial charge in [0.15, 0.2) is 0 Å². The van der Waals surface area contributed by atoms with Crippen LogP contribution < -0.4 is 25.2 Å². The van der Waals surface area contributed by atoms with Crippen LogP contribution in [0, 0.1) is 6.92 Å². The van der Waals surface area contributed by atoms with Gasteiger partial charge < -0.3 is 35.4 Å². The molecule has 208 valence electrons. The third-order valence-electron chi connectivity index (χ3n) is 5.89. The highest BCUT2D eigenvalue weighted by atomic mass is 16.5. The highest BCUT2D eigenvalue weighted by molar-refractivity contribution is 5.53. The second kappa shape index (κ2) is 19.3. The van der Waals surface area contributed by atoms with Crippen LogP contribution in [0.3, 0.4) is 0 Å². The zero-order chi connectivity index (χ0) is 27.5. The molecule has 4 heterocycles. The molecule has 0 amide bonds. The predicted molar refractivity (Wildman–Crippen MR) is 152 cm³/mol. The van der Waals surface area contributed by atoms with Gasteiger partial charge in [-0.25, -0.2) is 4.98 Å². The number of methoxy groups -OCH3 is 1. The van der Waals surface area contributed by atoms with Gasteiger partial charge in [0.1, 0.15) is 17.4 Å². The Balaban J connectivity index is 0.000000287. The topological polar surface area (TPSA) is 110 Å². The van der Waals surface area contributed by atoms with E-state index in [4.69, 9.17) is 24.7 Å². The van der Waals surface area contributed by atoms with Crippen LogP contribution in [-0.4, -0.2) is 81.2 Å². The monoisotopic (exact) mass is 517 g/mol. The SMILES string of the molecule is CC.CNCc1cc(N2CCC2)nc(N2CCC2)c1.COc1ccc(C)cc1.O=CO.OC1CCNC1. The van der Waals surface area contributed by atoms with Crippen molar-refractivity contribution in [3.63, 3.8) is 0 Å². The fourth-order valence-corrected chi connectivity index (χ4v) is 3.59. The molecular weight excluding hydrogens is 470 g/mol. The van der Waals surface area contributed by atoms with E-state index in [1.165, 1.54) is 24.0 Å². The largest absolute Gasteiger partial charge is 0.497 e. The lowest BCUT2D eigenvalue weighted by atomic mass is 10.1. The summed E-state index contributed by atoms with van der Waals surface area (Å²) in [7, 11) is 3.66.